The zero-order chi connectivity index (χ0) is 15.6. The number of aromatic nitrogens is 2. The van der Waals surface area contributed by atoms with Crippen LogP contribution in [0.1, 0.15) is 10.4 Å². The number of carbonyl (C=O) groups is 1. The third-order valence-corrected chi connectivity index (χ3v) is 2.80. The van der Waals surface area contributed by atoms with Crippen LogP contribution in [0.25, 0.3) is 5.52 Å². The van der Waals surface area contributed by atoms with Gasteiger partial charge < -0.3 is 15.2 Å². The van der Waals surface area contributed by atoms with Gasteiger partial charge in [0.05, 0.1) is 25.4 Å². The van der Waals surface area contributed by atoms with Gasteiger partial charge in [-0.1, -0.05) is 0 Å². The largest absolute Gasteiger partial charge is 0.494 e. The van der Waals surface area contributed by atoms with E-state index in [0.717, 1.165) is 0 Å². The summed E-state index contributed by atoms with van der Waals surface area (Å²) in [4.78, 5) is 11.9. The van der Waals surface area contributed by atoms with Gasteiger partial charge in [0.25, 0.3) is 5.91 Å². The van der Waals surface area contributed by atoms with Gasteiger partial charge in [-0.3, -0.25) is 4.79 Å². The van der Waals surface area contributed by atoms with Gasteiger partial charge in [0.15, 0.2) is 6.10 Å². The number of hydrogen-bond donors (Lipinski definition) is 2. The quantitative estimate of drug-likeness (QED) is 0.883. The van der Waals surface area contributed by atoms with Crippen molar-refractivity contribution in [2.45, 2.75) is 12.3 Å². The molecule has 0 fully saturated rings. The number of nitrogens with one attached hydrogen (secondary N) is 1. The van der Waals surface area contributed by atoms with Crippen LogP contribution in [0.15, 0.2) is 24.5 Å². The minimum absolute atomic E-state index is 0.0572. The van der Waals surface area contributed by atoms with E-state index in [1.165, 1.54) is 17.8 Å². The fourth-order valence-corrected chi connectivity index (χ4v) is 1.74. The summed E-state index contributed by atoms with van der Waals surface area (Å²) in [5.74, 6) is -0.422. The van der Waals surface area contributed by atoms with Crippen molar-refractivity contribution in [3.8, 4) is 5.75 Å². The van der Waals surface area contributed by atoms with Crippen LogP contribution in [-0.4, -0.2) is 46.6 Å². The third-order valence-electron chi connectivity index (χ3n) is 2.80. The number of alkyl halides is 3. The lowest BCUT2D eigenvalue weighted by Crippen LogP contribution is -2.40. The van der Waals surface area contributed by atoms with Crippen molar-refractivity contribution in [2.75, 3.05) is 13.7 Å². The van der Waals surface area contributed by atoms with Gasteiger partial charge in [-0.05, 0) is 12.1 Å². The number of ether oxygens (including phenoxy) is 1. The zero-order valence-electron chi connectivity index (χ0n) is 10.9. The number of halogens is 3. The molecule has 2 N–H and O–H groups in total. The van der Waals surface area contributed by atoms with Crippen molar-refractivity contribution in [2.24, 2.45) is 0 Å². The topological polar surface area (TPSA) is 75.9 Å². The average Bonchev–Trinajstić information content (AvgIpc) is 2.87. The number of hydrogen-bond acceptors (Lipinski definition) is 4. The van der Waals surface area contributed by atoms with Gasteiger partial charge in [-0.2, -0.15) is 18.3 Å². The van der Waals surface area contributed by atoms with Crippen LogP contribution in [0.2, 0.25) is 0 Å². The summed E-state index contributed by atoms with van der Waals surface area (Å²) < 4.78 is 43.0. The molecule has 114 valence electrons. The number of aliphatic hydroxyl groups is 1. The van der Waals surface area contributed by atoms with Crippen molar-refractivity contribution in [1.82, 2.24) is 14.9 Å². The molecule has 9 heteroatoms. The third kappa shape index (κ3) is 3.07. The Morgan fingerprint density at radius 1 is 1.57 bits per heavy atom. The van der Waals surface area contributed by atoms with Crippen LogP contribution in [0, 0.1) is 0 Å². The van der Waals surface area contributed by atoms with Crippen molar-refractivity contribution < 1.29 is 27.8 Å². The molecule has 0 aliphatic carbocycles. The second kappa shape index (κ2) is 5.60. The highest BCUT2D eigenvalue weighted by Crippen LogP contribution is 2.23. The number of methoxy groups -OCH3 is 1. The van der Waals surface area contributed by atoms with Gasteiger partial charge in [0.2, 0.25) is 0 Å². The summed E-state index contributed by atoms with van der Waals surface area (Å²) in [7, 11) is 1.40. The Labute approximate surface area is 117 Å². The maximum atomic E-state index is 12.2. The van der Waals surface area contributed by atoms with Crippen molar-refractivity contribution in [3.63, 3.8) is 0 Å². The molecule has 6 nitrogen and oxygen atoms in total. The summed E-state index contributed by atoms with van der Waals surface area (Å²) in [5, 5.41) is 14.8. The first-order chi connectivity index (χ1) is 9.84. The van der Waals surface area contributed by atoms with E-state index in [2.05, 4.69) is 5.10 Å². The van der Waals surface area contributed by atoms with Crippen LogP contribution in [0.4, 0.5) is 13.2 Å². The zero-order valence-corrected chi connectivity index (χ0v) is 10.9. The molecule has 0 bridgehead atoms. The molecule has 0 aliphatic rings. The summed E-state index contributed by atoms with van der Waals surface area (Å²) in [6.07, 6.45) is -4.62. The van der Waals surface area contributed by atoms with E-state index in [0.29, 0.717) is 11.3 Å². The van der Waals surface area contributed by atoms with Crippen LogP contribution < -0.4 is 10.1 Å². The number of fused-ring (bicyclic) bond motifs is 1. The summed E-state index contributed by atoms with van der Waals surface area (Å²) >= 11 is 0. The molecular formula is C12H12F3N3O3. The van der Waals surface area contributed by atoms with Crippen LogP contribution >= 0.6 is 0 Å². The molecule has 2 aromatic heterocycles. The number of carbonyl (C=O) groups excluding carboxylic acids is 1. The van der Waals surface area contributed by atoms with E-state index >= 15 is 0 Å². The fourth-order valence-electron chi connectivity index (χ4n) is 1.74. The molecule has 2 aromatic rings. The summed E-state index contributed by atoms with van der Waals surface area (Å²) in [6.45, 7) is -0.936. The highest BCUT2D eigenvalue weighted by Gasteiger charge is 2.38. The lowest BCUT2D eigenvalue weighted by Gasteiger charge is -2.14. The van der Waals surface area contributed by atoms with Crippen LogP contribution in [0.5, 0.6) is 5.75 Å². The van der Waals surface area contributed by atoms with Crippen molar-refractivity contribution in [1.29, 1.82) is 0 Å². The molecule has 21 heavy (non-hydrogen) atoms. The molecule has 0 radical (unpaired) electrons. The molecule has 0 spiro atoms. The Morgan fingerprint density at radius 3 is 2.90 bits per heavy atom. The lowest BCUT2D eigenvalue weighted by molar-refractivity contribution is -0.201. The predicted octanol–water partition coefficient (Wildman–Crippen LogP) is 0.996. The number of rotatable bonds is 4. The fraction of sp³-hybridized carbons (Fsp3) is 0.333. The second-order valence-electron chi connectivity index (χ2n) is 4.20. The second-order valence-corrected chi connectivity index (χ2v) is 4.20. The molecule has 2 heterocycles. The van der Waals surface area contributed by atoms with E-state index in [1.54, 1.807) is 18.3 Å². The van der Waals surface area contributed by atoms with Crippen LogP contribution in [-0.2, 0) is 0 Å². The van der Waals surface area contributed by atoms with Crippen molar-refractivity contribution >= 4 is 11.4 Å². The molecule has 1 amide bonds. The van der Waals surface area contributed by atoms with Gasteiger partial charge >= 0.3 is 6.18 Å². The number of amides is 1. The monoisotopic (exact) mass is 303 g/mol. The molecule has 0 saturated heterocycles. The molecule has 2 rings (SSSR count). The van der Waals surface area contributed by atoms with E-state index in [-0.39, 0.29) is 5.56 Å². The normalized spacial score (nSPS) is 13.2. The smallest absolute Gasteiger partial charge is 0.416 e. The Balaban J connectivity index is 2.21. The highest BCUT2D eigenvalue weighted by atomic mass is 19.4. The Kier molecular flexibility index (Phi) is 4.03. The minimum Gasteiger partial charge on any atom is -0.494 e. The standard InChI is InChI=1S/C12H12F3N3O3/c1-21-8-3-2-4-18-10(8)7(5-17-18)11(20)16-6-9(19)12(13,14)15/h2-5,9,19H,6H2,1H3,(H,16,20)/t9-/m0/s1. The SMILES string of the molecule is COc1cccn2ncc(C(=O)NC[C@H](O)C(F)(F)F)c12. The highest BCUT2D eigenvalue weighted by molar-refractivity contribution is 6.02. The van der Waals surface area contributed by atoms with Gasteiger partial charge in [-0.15, -0.1) is 0 Å². The minimum atomic E-state index is -4.79. The number of pyridine rings is 1. The van der Waals surface area contributed by atoms with E-state index in [4.69, 9.17) is 9.84 Å². The van der Waals surface area contributed by atoms with Crippen LogP contribution in [0.3, 0.4) is 0 Å². The maximum Gasteiger partial charge on any atom is 0.416 e. The van der Waals surface area contributed by atoms with Gasteiger partial charge in [-0.25, -0.2) is 4.52 Å². The molecule has 0 aromatic carbocycles. The molecule has 0 saturated carbocycles. The molecule has 0 unspecified atom stereocenters. The van der Waals surface area contributed by atoms with E-state index in [9.17, 15) is 18.0 Å². The summed E-state index contributed by atoms with van der Waals surface area (Å²) in [6, 6.07) is 3.24. The molecule has 0 aliphatic heterocycles. The van der Waals surface area contributed by atoms with Gasteiger partial charge in [0.1, 0.15) is 11.3 Å². The average molecular weight is 303 g/mol. The first-order valence-corrected chi connectivity index (χ1v) is 5.88. The van der Waals surface area contributed by atoms with Crippen molar-refractivity contribution in [3.05, 3.63) is 30.1 Å². The van der Waals surface area contributed by atoms with E-state index < -0.39 is 24.7 Å². The molecular weight excluding hydrogens is 291 g/mol. The number of aliphatic hydroxyl groups excluding tert-OH is 1. The van der Waals surface area contributed by atoms with Gasteiger partial charge in [0, 0.05) is 6.20 Å². The number of nitrogens with zero attached hydrogens (tertiary/aromatic N) is 2. The lowest BCUT2D eigenvalue weighted by atomic mass is 10.2. The maximum absolute atomic E-state index is 12.2. The van der Waals surface area contributed by atoms with E-state index in [1.807, 2.05) is 5.32 Å². The first kappa shape index (κ1) is 15.1. The predicted molar refractivity (Wildman–Crippen MR) is 66.1 cm³/mol. The Hall–Kier alpha value is -2.29. The summed E-state index contributed by atoms with van der Waals surface area (Å²) in [5.41, 5.74) is 0.390. The Morgan fingerprint density at radius 2 is 2.29 bits per heavy atom. The molecule has 1 atom stereocenters. The Bertz CT molecular complexity index is 654. The first-order valence-electron chi connectivity index (χ1n) is 5.88.